The van der Waals surface area contributed by atoms with Crippen LogP contribution in [0.2, 0.25) is 5.02 Å². The van der Waals surface area contributed by atoms with E-state index < -0.39 is 10.8 Å². The molecule has 0 aromatic carbocycles. The lowest BCUT2D eigenvalue weighted by atomic mass is 10.4. The average molecular weight is 323 g/mol. The molecular formula is C14H15ClN4OS. The molecule has 2 saturated carbocycles. The third kappa shape index (κ3) is 2.74. The summed E-state index contributed by atoms with van der Waals surface area (Å²) in [5, 5.41) is 9.71. The summed E-state index contributed by atoms with van der Waals surface area (Å²) >= 11 is 5.81. The van der Waals surface area contributed by atoms with E-state index in [4.69, 9.17) is 11.6 Å². The predicted octanol–water partition coefficient (Wildman–Crippen LogP) is 2.85. The van der Waals surface area contributed by atoms with Crippen molar-refractivity contribution in [3.63, 3.8) is 0 Å². The van der Waals surface area contributed by atoms with Gasteiger partial charge in [-0.1, -0.05) is 11.6 Å². The second kappa shape index (κ2) is 5.18. The standard InChI is InChI=1S/C14H15ClN4OS/c15-10-3-6-13(16-7-10)21(20)8-12-17-18-14(9-1-2-9)19(12)11-4-5-11/h3,6-7,9,11H,1-2,4-5,8H2/t21-/m1/s1. The normalized spacial score (nSPS) is 19.7. The maximum absolute atomic E-state index is 12.4. The molecule has 5 nitrogen and oxygen atoms in total. The first-order valence-electron chi connectivity index (χ1n) is 7.16. The molecule has 0 N–H and O–H groups in total. The Kier molecular flexibility index (Phi) is 3.30. The Balaban J connectivity index is 1.59. The van der Waals surface area contributed by atoms with Gasteiger partial charge in [0.25, 0.3) is 0 Å². The van der Waals surface area contributed by atoms with E-state index in [0.717, 1.165) is 11.6 Å². The molecule has 0 spiro atoms. The van der Waals surface area contributed by atoms with Gasteiger partial charge in [-0.05, 0) is 37.8 Å². The molecule has 21 heavy (non-hydrogen) atoms. The van der Waals surface area contributed by atoms with Crippen molar-refractivity contribution in [1.29, 1.82) is 0 Å². The van der Waals surface area contributed by atoms with Crippen LogP contribution in [0.4, 0.5) is 0 Å². The fraction of sp³-hybridized carbons (Fsp3) is 0.500. The lowest BCUT2D eigenvalue weighted by Crippen LogP contribution is -2.08. The van der Waals surface area contributed by atoms with Gasteiger partial charge in [-0.15, -0.1) is 10.2 Å². The van der Waals surface area contributed by atoms with Crippen LogP contribution in [-0.4, -0.2) is 24.0 Å². The Bertz CT molecular complexity index is 691. The van der Waals surface area contributed by atoms with E-state index in [1.54, 1.807) is 12.1 Å². The Morgan fingerprint density at radius 2 is 2.05 bits per heavy atom. The highest BCUT2D eigenvalue weighted by Crippen LogP contribution is 2.44. The zero-order valence-corrected chi connectivity index (χ0v) is 13.0. The van der Waals surface area contributed by atoms with E-state index in [1.807, 2.05) is 0 Å². The SMILES string of the molecule is O=[S@](Cc1nnc(C2CC2)n1C1CC1)c1ccc(Cl)cn1. The van der Waals surface area contributed by atoms with Gasteiger partial charge < -0.3 is 4.57 Å². The first-order valence-corrected chi connectivity index (χ1v) is 8.85. The molecular weight excluding hydrogens is 308 g/mol. The first kappa shape index (κ1) is 13.4. The van der Waals surface area contributed by atoms with E-state index in [1.165, 1.54) is 31.9 Å². The topological polar surface area (TPSA) is 60.7 Å². The Labute approximate surface area is 130 Å². The molecule has 0 unspecified atom stereocenters. The van der Waals surface area contributed by atoms with Gasteiger partial charge in [-0.2, -0.15) is 0 Å². The molecule has 2 aliphatic carbocycles. The van der Waals surface area contributed by atoms with E-state index in [-0.39, 0.29) is 0 Å². The second-order valence-electron chi connectivity index (χ2n) is 5.65. The van der Waals surface area contributed by atoms with Gasteiger partial charge in [0.2, 0.25) is 0 Å². The summed E-state index contributed by atoms with van der Waals surface area (Å²) in [6, 6.07) is 3.93. The number of nitrogens with zero attached hydrogens (tertiary/aromatic N) is 4. The van der Waals surface area contributed by atoms with Crippen molar-refractivity contribution in [3.05, 3.63) is 35.0 Å². The smallest absolute Gasteiger partial charge is 0.146 e. The lowest BCUT2D eigenvalue weighted by Gasteiger charge is -2.08. The van der Waals surface area contributed by atoms with Gasteiger partial charge in [0, 0.05) is 18.2 Å². The minimum Gasteiger partial charge on any atom is -0.311 e. The highest BCUT2D eigenvalue weighted by molar-refractivity contribution is 7.84. The quantitative estimate of drug-likeness (QED) is 0.849. The number of halogens is 1. The van der Waals surface area contributed by atoms with Crippen LogP contribution in [0.15, 0.2) is 23.4 Å². The van der Waals surface area contributed by atoms with Crippen LogP contribution in [0.5, 0.6) is 0 Å². The fourth-order valence-electron chi connectivity index (χ4n) is 2.47. The molecule has 0 amide bonds. The molecule has 4 rings (SSSR count). The fourth-order valence-corrected chi connectivity index (χ4v) is 3.56. The molecule has 0 radical (unpaired) electrons. The lowest BCUT2D eigenvalue weighted by molar-refractivity contribution is 0.650. The number of hydrogen-bond acceptors (Lipinski definition) is 4. The zero-order valence-electron chi connectivity index (χ0n) is 11.4. The highest BCUT2D eigenvalue weighted by Gasteiger charge is 2.36. The summed E-state index contributed by atoms with van der Waals surface area (Å²) in [6.45, 7) is 0. The number of hydrogen-bond donors (Lipinski definition) is 0. The van der Waals surface area contributed by atoms with Crippen molar-refractivity contribution in [1.82, 2.24) is 19.7 Å². The molecule has 0 saturated heterocycles. The molecule has 2 aromatic rings. The number of rotatable bonds is 5. The summed E-state index contributed by atoms with van der Waals surface area (Å²) in [6.07, 6.45) is 6.28. The van der Waals surface area contributed by atoms with E-state index in [0.29, 0.717) is 27.8 Å². The van der Waals surface area contributed by atoms with Crippen LogP contribution in [0.1, 0.15) is 49.3 Å². The molecule has 0 aliphatic heterocycles. The predicted molar refractivity (Wildman–Crippen MR) is 79.6 cm³/mol. The molecule has 1 atom stereocenters. The molecule has 110 valence electrons. The van der Waals surface area contributed by atoms with Crippen molar-refractivity contribution >= 4 is 22.4 Å². The largest absolute Gasteiger partial charge is 0.311 e. The highest BCUT2D eigenvalue weighted by atomic mass is 35.5. The Morgan fingerprint density at radius 1 is 1.24 bits per heavy atom. The molecule has 7 heteroatoms. The van der Waals surface area contributed by atoms with Crippen molar-refractivity contribution < 1.29 is 4.21 Å². The summed E-state index contributed by atoms with van der Waals surface area (Å²) in [7, 11) is -1.21. The number of aromatic nitrogens is 4. The van der Waals surface area contributed by atoms with E-state index in [2.05, 4.69) is 19.7 Å². The van der Waals surface area contributed by atoms with Crippen LogP contribution < -0.4 is 0 Å². The Hall–Kier alpha value is -1.27. The van der Waals surface area contributed by atoms with Gasteiger partial charge in [-0.25, -0.2) is 4.98 Å². The third-order valence-corrected chi connectivity index (χ3v) is 5.29. The average Bonchev–Trinajstić information content (AvgIpc) is 3.39. The van der Waals surface area contributed by atoms with Gasteiger partial charge in [0.1, 0.15) is 16.7 Å². The van der Waals surface area contributed by atoms with Crippen LogP contribution in [-0.2, 0) is 16.6 Å². The zero-order chi connectivity index (χ0) is 14.4. The maximum atomic E-state index is 12.4. The first-order chi connectivity index (χ1) is 10.2. The third-order valence-electron chi connectivity index (χ3n) is 3.84. The minimum atomic E-state index is -1.21. The van der Waals surface area contributed by atoms with E-state index >= 15 is 0 Å². The molecule has 2 aromatic heterocycles. The second-order valence-corrected chi connectivity index (χ2v) is 7.49. The van der Waals surface area contributed by atoms with Gasteiger partial charge in [0.05, 0.1) is 21.6 Å². The summed E-state index contributed by atoms with van der Waals surface area (Å²) < 4.78 is 14.7. The van der Waals surface area contributed by atoms with Gasteiger partial charge in [-0.3, -0.25) is 4.21 Å². The maximum Gasteiger partial charge on any atom is 0.146 e. The van der Waals surface area contributed by atoms with Crippen molar-refractivity contribution in [2.24, 2.45) is 0 Å². The minimum absolute atomic E-state index is 0.366. The van der Waals surface area contributed by atoms with Crippen LogP contribution in [0.3, 0.4) is 0 Å². The van der Waals surface area contributed by atoms with Crippen LogP contribution in [0.25, 0.3) is 0 Å². The van der Waals surface area contributed by atoms with Crippen molar-refractivity contribution in [2.75, 3.05) is 0 Å². The van der Waals surface area contributed by atoms with Crippen molar-refractivity contribution in [3.8, 4) is 0 Å². The Morgan fingerprint density at radius 3 is 2.67 bits per heavy atom. The summed E-state index contributed by atoms with van der Waals surface area (Å²) in [5.74, 6) is 2.85. The molecule has 2 heterocycles. The van der Waals surface area contributed by atoms with E-state index in [9.17, 15) is 4.21 Å². The van der Waals surface area contributed by atoms with Crippen LogP contribution >= 0.6 is 11.6 Å². The number of pyridine rings is 1. The van der Waals surface area contributed by atoms with Gasteiger partial charge >= 0.3 is 0 Å². The molecule has 0 bridgehead atoms. The summed E-state index contributed by atoms with van der Waals surface area (Å²) in [4.78, 5) is 4.13. The summed E-state index contributed by atoms with van der Waals surface area (Å²) in [5.41, 5.74) is 0. The monoisotopic (exact) mass is 322 g/mol. The van der Waals surface area contributed by atoms with Crippen LogP contribution in [0, 0.1) is 0 Å². The molecule has 2 fully saturated rings. The molecule has 2 aliphatic rings. The van der Waals surface area contributed by atoms with Gasteiger partial charge in [0.15, 0.2) is 0 Å². The van der Waals surface area contributed by atoms with Crippen molar-refractivity contribution in [2.45, 2.75) is 48.4 Å².